The van der Waals surface area contributed by atoms with Crippen molar-refractivity contribution in [3.05, 3.63) is 70.8 Å². The van der Waals surface area contributed by atoms with Crippen LogP contribution in [-0.2, 0) is 22.6 Å². The molecule has 3 atom stereocenters. The zero-order valence-corrected chi connectivity index (χ0v) is 19.2. The number of aliphatic hydroxyl groups is 2. The summed E-state index contributed by atoms with van der Waals surface area (Å²) < 4.78 is 85.5. The lowest BCUT2D eigenvalue weighted by atomic mass is 9.76. The first kappa shape index (κ1) is 27.4. The fourth-order valence-electron chi connectivity index (χ4n) is 4.37. The van der Waals surface area contributed by atoms with Gasteiger partial charge >= 0.3 is 12.4 Å². The monoisotopic (exact) mass is 505 g/mol. The highest BCUT2D eigenvalue weighted by Gasteiger charge is 2.43. The van der Waals surface area contributed by atoms with Crippen LogP contribution in [0.4, 0.5) is 26.3 Å². The molecule has 0 aromatic heterocycles. The van der Waals surface area contributed by atoms with Crippen LogP contribution in [0.25, 0.3) is 0 Å². The molecule has 2 aromatic carbocycles. The molecule has 1 aliphatic rings. The van der Waals surface area contributed by atoms with E-state index in [1.165, 1.54) is 6.92 Å². The van der Waals surface area contributed by atoms with E-state index in [0.29, 0.717) is 37.8 Å². The summed E-state index contributed by atoms with van der Waals surface area (Å²) in [7, 11) is 0. The van der Waals surface area contributed by atoms with E-state index >= 15 is 0 Å². The Morgan fingerprint density at radius 2 is 1.57 bits per heavy atom. The van der Waals surface area contributed by atoms with E-state index in [9.17, 15) is 31.4 Å². The molecule has 2 aromatic rings. The van der Waals surface area contributed by atoms with E-state index in [2.05, 4.69) is 5.32 Å². The van der Waals surface area contributed by atoms with Crippen molar-refractivity contribution in [3.63, 3.8) is 0 Å². The molecule has 3 N–H and O–H groups in total. The van der Waals surface area contributed by atoms with Crippen LogP contribution in [0.1, 0.15) is 61.0 Å². The fourth-order valence-corrected chi connectivity index (χ4v) is 4.37. The Morgan fingerprint density at radius 1 is 0.971 bits per heavy atom. The highest BCUT2D eigenvalue weighted by Crippen LogP contribution is 2.40. The van der Waals surface area contributed by atoms with E-state index in [1.807, 2.05) is 30.3 Å². The maximum absolute atomic E-state index is 13.3. The number of alkyl halides is 6. The summed E-state index contributed by atoms with van der Waals surface area (Å²) in [5.74, 6) is 0. The summed E-state index contributed by atoms with van der Waals surface area (Å²) >= 11 is 0. The van der Waals surface area contributed by atoms with Crippen LogP contribution < -0.4 is 5.32 Å². The average molecular weight is 505 g/mol. The Kier molecular flexibility index (Phi) is 8.20. The zero-order valence-electron chi connectivity index (χ0n) is 19.2. The van der Waals surface area contributed by atoms with Crippen LogP contribution >= 0.6 is 0 Å². The Hall–Kier alpha value is -2.14. The fraction of sp³-hybridized carbons (Fsp3) is 0.520. The van der Waals surface area contributed by atoms with Gasteiger partial charge in [-0.15, -0.1) is 0 Å². The van der Waals surface area contributed by atoms with Gasteiger partial charge in [0.25, 0.3) is 0 Å². The highest BCUT2D eigenvalue weighted by atomic mass is 19.4. The molecule has 35 heavy (non-hydrogen) atoms. The van der Waals surface area contributed by atoms with Crippen molar-refractivity contribution in [2.45, 2.75) is 62.2 Å². The van der Waals surface area contributed by atoms with Crippen molar-refractivity contribution in [3.8, 4) is 0 Å². The molecule has 1 heterocycles. The topological polar surface area (TPSA) is 61.7 Å². The molecule has 10 heteroatoms. The van der Waals surface area contributed by atoms with Gasteiger partial charge in [-0.1, -0.05) is 30.3 Å². The summed E-state index contributed by atoms with van der Waals surface area (Å²) in [6.45, 7) is 1.52. The highest BCUT2D eigenvalue weighted by molar-refractivity contribution is 5.35. The number of β-amino-alcohol motifs (C(OH)–C–C–N with tert-alkyl or cyclic N) is 1. The summed E-state index contributed by atoms with van der Waals surface area (Å²) in [6, 6.07) is 10.6. The molecule has 1 saturated heterocycles. The molecule has 0 bridgehead atoms. The third-order valence-corrected chi connectivity index (χ3v) is 6.56. The van der Waals surface area contributed by atoms with Gasteiger partial charge in [-0.2, -0.15) is 26.3 Å². The molecule has 0 amide bonds. The summed E-state index contributed by atoms with van der Waals surface area (Å²) in [6.07, 6.45) is -9.31. The summed E-state index contributed by atoms with van der Waals surface area (Å²) in [5.41, 5.74) is -4.01. The van der Waals surface area contributed by atoms with Crippen molar-refractivity contribution < 1.29 is 41.3 Å². The first-order valence-corrected chi connectivity index (χ1v) is 11.3. The lowest BCUT2D eigenvalue weighted by Gasteiger charge is -2.45. The normalized spacial score (nSPS) is 24.4. The van der Waals surface area contributed by atoms with E-state index in [-0.39, 0.29) is 31.4 Å². The van der Waals surface area contributed by atoms with E-state index in [1.54, 1.807) is 0 Å². The first-order valence-electron chi connectivity index (χ1n) is 11.3. The second-order valence-corrected chi connectivity index (χ2v) is 9.15. The quantitative estimate of drug-likeness (QED) is 0.410. The van der Waals surface area contributed by atoms with Crippen molar-refractivity contribution in [2.75, 3.05) is 19.8 Å². The van der Waals surface area contributed by atoms with Crippen molar-refractivity contribution >= 4 is 0 Å². The van der Waals surface area contributed by atoms with Gasteiger partial charge in [0, 0.05) is 13.2 Å². The molecule has 0 aliphatic carbocycles. The molecule has 0 spiro atoms. The van der Waals surface area contributed by atoms with Gasteiger partial charge in [0.15, 0.2) is 0 Å². The third kappa shape index (κ3) is 6.75. The van der Waals surface area contributed by atoms with Crippen molar-refractivity contribution in [1.82, 2.24) is 5.32 Å². The van der Waals surface area contributed by atoms with Gasteiger partial charge in [-0.25, -0.2) is 0 Å². The van der Waals surface area contributed by atoms with Gasteiger partial charge < -0.3 is 20.3 Å². The molecule has 4 nitrogen and oxygen atoms in total. The van der Waals surface area contributed by atoms with Gasteiger partial charge in [-0.05, 0) is 61.9 Å². The molecule has 1 fully saturated rings. The molecule has 3 rings (SSSR count). The number of nitrogens with one attached hydrogen (secondary N) is 1. The summed E-state index contributed by atoms with van der Waals surface area (Å²) in [5, 5.41) is 23.2. The van der Waals surface area contributed by atoms with Crippen LogP contribution in [0.3, 0.4) is 0 Å². The maximum atomic E-state index is 13.3. The minimum Gasteiger partial charge on any atom is -0.396 e. The molecule has 1 unspecified atom stereocenters. The predicted octanol–water partition coefficient (Wildman–Crippen LogP) is 5.58. The number of ether oxygens (including phenoxy) is 1. The van der Waals surface area contributed by atoms with Gasteiger partial charge in [0.2, 0.25) is 0 Å². The molecule has 1 aliphatic heterocycles. The van der Waals surface area contributed by atoms with Crippen LogP contribution in [-0.4, -0.2) is 35.6 Å². The minimum atomic E-state index is -4.94. The van der Waals surface area contributed by atoms with Gasteiger partial charge in [0.1, 0.15) is 0 Å². The van der Waals surface area contributed by atoms with E-state index in [0.717, 1.165) is 5.56 Å². The van der Waals surface area contributed by atoms with Crippen molar-refractivity contribution in [1.29, 1.82) is 0 Å². The lowest BCUT2D eigenvalue weighted by molar-refractivity contribution is -0.143. The number of hydrogen-bond acceptors (Lipinski definition) is 4. The minimum absolute atomic E-state index is 0.0359. The zero-order chi connectivity index (χ0) is 25.9. The lowest BCUT2D eigenvalue weighted by Crippen LogP contribution is -2.58. The number of piperidine rings is 1. The second kappa shape index (κ2) is 10.5. The molecule has 0 radical (unpaired) electrons. The SMILES string of the molecule is C[C@@H](OC[C@@]1(c2ccccc2)CCC(O)(CCCO)CN1)c1cc(C(F)(F)F)cc(C(F)(F)F)c1. The third-order valence-electron chi connectivity index (χ3n) is 6.56. The van der Waals surface area contributed by atoms with Crippen LogP contribution in [0.5, 0.6) is 0 Å². The van der Waals surface area contributed by atoms with Crippen LogP contribution in [0.15, 0.2) is 48.5 Å². The number of halogens is 6. The molecular formula is C25H29F6NO3. The van der Waals surface area contributed by atoms with Crippen LogP contribution in [0.2, 0.25) is 0 Å². The Bertz CT molecular complexity index is 937. The Morgan fingerprint density at radius 3 is 2.06 bits per heavy atom. The Labute approximate surface area is 199 Å². The van der Waals surface area contributed by atoms with Crippen LogP contribution in [0, 0.1) is 0 Å². The van der Waals surface area contributed by atoms with Gasteiger partial charge in [0.05, 0.1) is 35.0 Å². The van der Waals surface area contributed by atoms with E-state index < -0.39 is 40.7 Å². The number of benzene rings is 2. The largest absolute Gasteiger partial charge is 0.416 e. The molecule has 0 saturated carbocycles. The maximum Gasteiger partial charge on any atom is 0.416 e. The van der Waals surface area contributed by atoms with Crippen molar-refractivity contribution in [2.24, 2.45) is 0 Å². The molecule has 194 valence electrons. The molecular weight excluding hydrogens is 476 g/mol. The Balaban J connectivity index is 1.85. The average Bonchev–Trinajstić information content (AvgIpc) is 2.82. The number of aliphatic hydroxyl groups excluding tert-OH is 1. The first-order chi connectivity index (χ1) is 16.3. The smallest absolute Gasteiger partial charge is 0.396 e. The predicted molar refractivity (Wildman–Crippen MR) is 117 cm³/mol. The number of hydrogen-bond donors (Lipinski definition) is 3. The van der Waals surface area contributed by atoms with E-state index in [4.69, 9.17) is 9.84 Å². The summed E-state index contributed by atoms with van der Waals surface area (Å²) in [4.78, 5) is 0. The standard InChI is InChI=1S/C25H29F6NO3/c1-17(18-12-20(24(26,27)28)14-21(13-18)25(29,30)31)35-16-23(19-6-3-2-4-7-19)10-9-22(34,15-32-23)8-5-11-33/h2-4,6-7,12-14,17,32-34H,5,8-11,15-16H2,1H3/t17-,22?,23-/m1/s1. The second-order valence-electron chi connectivity index (χ2n) is 9.15. The van der Waals surface area contributed by atoms with Gasteiger partial charge in [-0.3, -0.25) is 0 Å². The number of rotatable bonds is 8.